The second-order valence-electron chi connectivity index (χ2n) is 9.37. The Hall–Kier alpha value is -1.99. The zero-order valence-corrected chi connectivity index (χ0v) is 18.6. The molecular formula is C24H34FN3O3. The number of hydrogen-bond donors (Lipinski definition) is 1. The Morgan fingerprint density at radius 2 is 1.90 bits per heavy atom. The summed E-state index contributed by atoms with van der Waals surface area (Å²) in [6.45, 7) is 8.38. The molecule has 1 amide bonds. The van der Waals surface area contributed by atoms with Gasteiger partial charge in [-0.1, -0.05) is 19.1 Å². The number of nitrogens with zero attached hydrogens (tertiary/aromatic N) is 2. The van der Waals surface area contributed by atoms with Crippen molar-refractivity contribution < 1.29 is 18.7 Å². The van der Waals surface area contributed by atoms with E-state index >= 15 is 0 Å². The maximum atomic E-state index is 13.5. The molecule has 0 saturated carbocycles. The SMILES string of the molecule is CCOC(=O)C1(c2ccc(F)cc2)CCN([C@@H]2CN[C@H](C(=O)N3CCC(C)C3)C2)CC1. The average molecular weight is 432 g/mol. The summed E-state index contributed by atoms with van der Waals surface area (Å²) in [6.07, 6.45) is 3.17. The monoisotopic (exact) mass is 431 g/mol. The van der Waals surface area contributed by atoms with Crippen LogP contribution in [-0.4, -0.2) is 73.1 Å². The van der Waals surface area contributed by atoms with Gasteiger partial charge in [0.2, 0.25) is 5.91 Å². The molecule has 3 aliphatic rings. The van der Waals surface area contributed by atoms with Gasteiger partial charge in [0.25, 0.3) is 0 Å². The Morgan fingerprint density at radius 3 is 2.52 bits per heavy atom. The van der Waals surface area contributed by atoms with Gasteiger partial charge in [-0.05, 0) is 69.3 Å². The lowest BCUT2D eigenvalue weighted by Crippen LogP contribution is -2.51. The Bertz CT molecular complexity index is 792. The summed E-state index contributed by atoms with van der Waals surface area (Å²) in [4.78, 5) is 30.2. The third-order valence-corrected chi connectivity index (χ3v) is 7.37. The molecule has 0 aliphatic carbocycles. The minimum atomic E-state index is -0.729. The van der Waals surface area contributed by atoms with E-state index in [9.17, 15) is 14.0 Å². The highest BCUT2D eigenvalue weighted by Crippen LogP contribution is 2.38. The highest BCUT2D eigenvalue weighted by molar-refractivity contribution is 5.84. The van der Waals surface area contributed by atoms with Gasteiger partial charge in [0, 0.05) is 25.7 Å². The molecule has 3 fully saturated rings. The van der Waals surface area contributed by atoms with Crippen LogP contribution in [0.5, 0.6) is 0 Å². The molecule has 0 bridgehead atoms. The first kappa shape index (κ1) is 22.2. The predicted molar refractivity (Wildman–Crippen MR) is 116 cm³/mol. The largest absolute Gasteiger partial charge is 0.465 e. The van der Waals surface area contributed by atoms with Crippen LogP contribution in [0.3, 0.4) is 0 Å². The molecule has 3 saturated heterocycles. The molecule has 1 aromatic rings. The second-order valence-corrected chi connectivity index (χ2v) is 9.37. The average Bonchev–Trinajstić information content (AvgIpc) is 3.43. The highest BCUT2D eigenvalue weighted by atomic mass is 19.1. The highest BCUT2D eigenvalue weighted by Gasteiger charge is 2.46. The molecule has 0 spiro atoms. The van der Waals surface area contributed by atoms with Gasteiger partial charge in [0.1, 0.15) is 5.82 Å². The molecule has 170 valence electrons. The van der Waals surface area contributed by atoms with E-state index in [0.717, 1.165) is 51.1 Å². The first-order valence-electron chi connectivity index (χ1n) is 11.6. The number of nitrogens with one attached hydrogen (secondary N) is 1. The van der Waals surface area contributed by atoms with E-state index in [1.165, 1.54) is 12.1 Å². The molecule has 1 aromatic carbocycles. The third-order valence-electron chi connectivity index (χ3n) is 7.37. The summed E-state index contributed by atoms with van der Waals surface area (Å²) in [7, 11) is 0. The number of likely N-dealkylation sites (tertiary alicyclic amines) is 2. The zero-order valence-electron chi connectivity index (χ0n) is 18.6. The van der Waals surface area contributed by atoms with Crippen LogP contribution in [0.15, 0.2) is 24.3 Å². The smallest absolute Gasteiger partial charge is 0.316 e. The maximum Gasteiger partial charge on any atom is 0.316 e. The standard InChI is InChI=1S/C24H34FN3O3/c1-3-31-23(30)24(18-4-6-19(25)7-5-18)9-12-27(13-10-24)20-14-21(26-15-20)22(29)28-11-8-17(2)16-28/h4-7,17,20-21,26H,3,8-16H2,1-2H3/t17?,20-,21-/m0/s1. The number of rotatable bonds is 5. The predicted octanol–water partition coefficient (Wildman–Crippen LogP) is 2.32. The van der Waals surface area contributed by atoms with Crippen LogP contribution in [-0.2, 0) is 19.7 Å². The number of carbonyl (C=O) groups is 2. The topological polar surface area (TPSA) is 61.9 Å². The van der Waals surface area contributed by atoms with Crippen molar-refractivity contribution in [2.75, 3.05) is 39.3 Å². The number of benzene rings is 1. The van der Waals surface area contributed by atoms with E-state index in [1.54, 1.807) is 12.1 Å². The summed E-state index contributed by atoms with van der Waals surface area (Å²) in [6, 6.07) is 6.44. The van der Waals surface area contributed by atoms with Crippen molar-refractivity contribution in [2.24, 2.45) is 5.92 Å². The fraction of sp³-hybridized carbons (Fsp3) is 0.667. The fourth-order valence-corrected chi connectivity index (χ4v) is 5.46. The minimum absolute atomic E-state index is 0.107. The van der Waals surface area contributed by atoms with E-state index < -0.39 is 5.41 Å². The summed E-state index contributed by atoms with van der Waals surface area (Å²) < 4.78 is 18.9. The van der Waals surface area contributed by atoms with Crippen molar-refractivity contribution in [2.45, 2.75) is 57.0 Å². The van der Waals surface area contributed by atoms with Crippen molar-refractivity contribution in [3.8, 4) is 0 Å². The molecule has 3 atom stereocenters. The lowest BCUT2D eigenvalue weighted by atomic mass is 9.72. The van der Waals surface area contributed by atoms with Gasteiger partial charge in [-0.2, -0.15) is 0 Å². The minimum Gasteiger partial charge on any atom is -0.465 e. The Kier molecular flexibility index (Phi) is 6.63. The summed E-state index contributed by atoms with van der Waals surface area (Å²) in [5.74, 6) is 0.295. The lowest BCUT2D eigenvalue weighted by Gasteiger charge is -2.42. The Labute approximate surface area is 184 Å². The normalized spacial score (nSPS) is 28.6. The quantitative estimate of drug-likeness (QED) is 0.725. The van der Waals surface area contributed by atoms with Crippen molar-refractivity contribution in [1.29, 1.82) is 0 Å². The zero-order chi connectivity index (χ0) is 22.0. The second kappa shape index (κ2) is 9.25. The van der Waals surface area contributed by atoms with Crippen LogP contribution >= 0.6 is 0 Å². The fourth-order valence-electron chi connectivity index (χ4n) is 5.46. The van der Waals surface area contributed by atoms with E-state index in [0.29, 0.717) is 31.4 Å². The van der Waals surface area contributed by atoms with Gasteiger partial charge in [0.15, 0.2) is 0 Å². The van der Waals surface area contributed by atoms with Gasteiger partial charge < -0.3 is 15.0 Å². The van der Waals surface area contributed by atoms with E-state index in [1.807, 2.05) is 11.8 Å². The first-order valence-corrected chi connectivity index (χ1v) is 11.6. The number of carbonyl (C=O) groups excluding carboxylic acids is 2. The molecular weight excluding hydrogens is 397 g/mol. The van der Waals surface area contributed by atoms with Crippen LogP contribution in [0, 0.1) is 11.7 Å². The van der Waals surface area contributed by atoms with Gasteiger partial charge in [-0.25, -0.2) is 4.39 Å². The van der Waals surface area contributed by atoms with Crippen molar-refractivity contribution in [3.05, 3.63) is 35.6 Å². The van der Waals surface area contributed by atoms with Gasteiger partial charge >= 0.3 is 5.97 Å². The number of piperidine rings is 1. The van der Waals surface area contributed by atoms with Crippen LogP contribution in [0.1, 0.15) is 45.1 Å². The molecule has 3 aliphatic heterocycles. The summed E-state index contributed by atoms with van der Waals surface area (Å²) in [5.41, 5.74) is 0.0976. The Balaban J connectivity index is 1.40. The number of hydrogen-bond acceptors (Lipinski definition) is 5. The van der Waals surface area contributed by atoms with Crippen molar-refractivity contribution >= 4 is 11.9 Å². The molecule has 0 radical (unpaired) electrons. The molecule has 4 rings (SSSR count). The number of amides is 1. The van der Waals surface area contributed by atoms with Crippen LogP contribution in [0.25, 0.3) is 0 Å². The van der Waals surface area contributed by atoms with Crippen LogP contribution in [0.2, 0.25) is 0 Å². The number of halogens is 1. The number of ether oxygens (including phenoxy) is 1. The van der Waals surface area contributed by atoms with E-state index in [2.05, 4.69) is 17.1 Å². The maximum absolute atomic E-state index is 13.5. The van der Waals surface area contributed by atoms with E-state index in [4.69, 9.17) is 4.74 Å². The van der Waals surface area contributed by atoms with Crippen LogP contribution in [0.4, 0.5) is 4.39 Å². The molecule has 1 unspecified atom stereocenters. The summed E-state index contributed by atoms with van der Waals surface area (Å²) in [5, 5.41) is 3.43. The van der Waals surface area contributed by atoms with E-state index in [-0.39, 0.29) is 23.7 Å². The Morgan fingerprint density at radius 1 is 1.19 bits per heavy atom. The third kappa shape index (κ3) is 4.48. The van der Waals surface area contributed by atoms with Gasteiger partial charge in [0.05, 0.1) is 18.1 Å². The molecule has 6 nitrogen and oxygen atoms in total. The van der Waals surface area contributed by atoms with Crippen molar-refractivity contribution in [3.63, 3.8) is 0 Å². The molecule has 0 aromatic heterocycles. The molecule has 7 heteroatoms. The van der Waals surface area contributed by atoms with Gasteiger partial charge in [-0.3, -0.25) is 14.5 Å². The van der Waals surface area contributed by atoms with Gasteiger partial charge in [-0.15, -0.1) is 0 Å². The molecule has 1 N–H and O–H groups in total. The number of esters is 1. The molecule has 3 heterocycles. The van der Waals surface area contributed by atoms with Crippen LogP contribution < -0.4 is 5.32 Å². The first-order chi connectivity index (χ1) is 14.9. The lowest BCUT2D eigenvalue weighted by molar-refractivity contribution is -0.152. The molecule has 31 heavy (non-hydrogen) atoms. The van der Waals surface area contributed by atoms with Crippen molar-refractivity contribution in [1.82, 2.24) is 15.1 Å². The summed E-state index contributed by atoms with van der Waals surface area (Å²) >= 11 is 0.